The molecular formula is C18H30N2O. The van der Waals surface area contributed by atoms with Crippen LogP contribution in [0.15, 0.2) is 24.3 Å². The van der Waals surface area contributed by atoms with Crippen molar-refractivity contribution < 1.29 is 4.74 Å². The van der Waals surface area contributed by atoms with Gasteiger partial charge in [0.15, 0.2) is 0 Å². The Bertz CT molecular complexity index is 416. The van der Waals surface area contributed by atoms with Crippen molar-refractivity contribution in [2.75, 3.05) is 39.4 Å². The van der Waals surface area contributed by atoms with E-state index in [1.165, 1.54) is 11.1 Å². The average molecular weight is 290 g/mol. The molecule has 2 rings (SSSR count). The highest BCUT2D eigenvalue weighted by molar-refractivity contribution is 5.27. The fourth-order valence-electron chi connectivity index (χ4n) is 2.85. The van der Waals surface area contributed by atoms with Crippen LogP contribution >= 0.6 is 0 Å². The van der Waals surface area contributed by atoms with E-state index in [-0.39, 0.29) is 5.41 Å². The summed E-state index contributed by atoms with van der Waals surface area (Å²) in [6.07, 6.45) is 1.07. The molecule has 3 heteroatoms. The van der Waals surface area contributed by atoms with E-state index in [1.54, 1.807) is 0 Å². The number of ether oxygens (including phenoxy) is 1. The van der Waals surface area contributed by atoms with Crippen molar-refractivity contribution in [2.45, 2.75) is 32.6 Å². The maximum absolute atomic E-state index is 5.98. The van der Waals surface area contributed by atoms with Crippen LogP contribution in [0, 0.1) is 5.92 Å². The zero-order valence-electron chi connectivity index (χ0n) is 13.8. The SMILES string of the molecule is CC(C)(C)c1ccc(CC(CN)CN2CCOCC2)cc1. The van der Waals surface area contributed by atoms with Crippen LogP contribution in [0.4, 0.5) is 0 Å². The minimum absolute atomic E-state index is 0.222. The smallest absolute Gasteiger partial charge is 0.0594 e. The summed E-state index contributed by atoms with van der Waals surface area (Å²) in [6, 6.07) is 9.06. The lowest BCUT2D eigenvalue weighted by atomic mass is 9.86. The number of nitrogens with two attached hydrogens (primary N) is 1. The van der Waals surface area contributed by atoms with Gasteiger partial charge >= 0.3 is 0 Å². The van der Waals surface area contributed by atoms with Crippen LogP contribution in [0.25, 0.3) is 0 Å². The van der Waals surface area contributed by atoms with Gasteiger partial charge in [-0.2, -0.15) is 0 Å². The van der Waals surface area contributed by atoms with Gasteiger partial charge in [0.05, 0.1) is 13.2 Å². The van der Waals surface area contributed by atoms with Crippen molar-refractivity contribution in [3.05, 3.63) is 35.4 Å². The van der Waals surface area contributed by atoms with Crippen molar-refractivity contribution in [1.29, 1.82) is 0 Å². The largest absolute Gasteiger partial charge is 0.379 e. The molecule has 118 valence electrons. The minimum atomic E-state index is 0.222. The molecule has 1 aliphatic rings. The minimum Gasteiger partial charge on any atom is -0.379 e. The Hall–Kier alpha value is -0.900. The predicted molar refractivity (Wildman–Crippen MR) is 88.6 cm³/mol. The summed E-state index contributed by atoms with van der Waals surface area (Å²) in [5.74, 6) is 0.531. The number of hydrogen-bond donors (Lipinski definition) is 1. The lowest BCUT2D eigenvalue weighted by molar-refractivity contribution is 0.0312. The lowest BCUT2D eigenvalue weighted by Crippen LogP contribution is -2.41. The summed E-state index contributed by atoms with van der Waals surface area (Å²) in [5.41, 5.74) is 8.99. The molecule has 0 aliphatic carbocycles. The molecule has 1 aliphatic heterocycles. The standard InChI is InChI=1S/C18H30N2O/c1-18(2,3)17-6-4-15(5-7-17)12-16(13-19)14-20-8-10-21-11-9-20/h4-7,16H,8-14,19H2,1-3H3. The molecule has 1 saturated heterocycles. The van der Waals surface area contributed by atoms with Crippen molar-refractivity contribution >= 4 is 0 Å². The second kappa shape index (κ2) is 7.39. The van der Waals surface area contributed by atoms with Crippen molar-refractivity contribution in [3.8, 4) is 0 Å². The molecule has 1 fully saturated rings. The second-order valence-corrected chi connectivity index (χ2v) is 7.17. The fraction of sp³-hybridized carbons (Fsp3) is 0.667. The molecule has 0 radical (unpaired) electrons. The van der Waals surface area contributed by atoms with Crippen molar-refractivity contribution in [1.82, 2.24) is 4.90 Å². The summed E-state index contributed by atoms with van der Waals surface area (Å²) in [5, 5.41) is 0. The quantitative estimate of drug-likeness (QED) is 0.905. The molecule has 0 spiro atoms. The predicted octanol–water partition coefficient (Wildman–Crippen LogP) is 2.43. The van der Waals surface area contributed by atoms with Gasteiger partial charge in [0.1, 0.15) is 0 Å². The number of rotatable bonds is 5. The third-order valence-corrected chi connectivity index (χ3v) is 4.30. The second-order valence-electron chi connectivity index (χ2n) is 7.17. The van der Waals surface area contributed by atoms with Gasteiger partial charge in [0, 0.05) is 19.6 Å². The van der Waals surface area contributed by atoms with E-state index >= 15 is 0 Å². The Morgan fingerprint density at radius 1 is 1.14 bits per heavy atom. The molecule has 3 nitrogen and oxygen atoms in total. The van der Waals surface area contributed by atoms with E-state index in [0.29, 0.717) is 5.92 Å². The average Bonchev–Trinajstić information content (AvgIpc) is 2.47. The first-order chi connectivity index (χ1) is 9.99. The number of benzene rings is 1. The van der Waals surface area contributed by atoms with Crippen molar-refractivity contribution in [3.63, 3.8) is 0 Å². The highest BCUT2D eigenvalue weighted by Crippen LogP contribution is 2.23. The maximum atomic E-state index is 5.98. The van der Waals surface area contributed by atoms with Crippen LogP contribution in [0.3, 0.4) is 0 Å². The van der Waals surface area contributed by atoms with Gasteiger partial charge < -0.3 is 10.5 Å². The van der Waals surface area contributed by atoms with Crippen LogP contribution in [-0.2, 0) is 16.6 Å². The normalized spacial score (nSPS) is 18.7. The number of hydrogen-bond acceptors (Lipinski definition) is 3. The molecule has 0 saturated carbocycles. The molecule has 2 N–H and O–H groups in total. The number of nitrogens with zero attached hydrogens (tertiary/aromatic N) is 1. The first-order valence-corrected chi connectivity index (χ1v) is 8.08. The van der Waals surface area contributed by atoms with Crippen LogP contribution in [-0.4, -0.2) is 44.3 Å². The first kappa shape index (κ1) is 16.5. The zero-order valence-corrected chi connectivity index (χ0v) is 13.8. The fourth-order valence-corrected chi connectivity index (χ4v) is 2.85. The molecular weight excluding hydrogens is 260 g/mol. The highest BCUT2D eigenvalue weighted by Gasteiger charge is 2.17. The first-order valence-electron chi connectivity index (χ1n) is 8.08. The Balaban J connectivity index is 1.91. The van der Waals surface area contributed by atoms with Crippen LogP contribution < -0.4 is 5.73 Å². The van der Waals surface area contributed by atoms with Gasteiger partial charge in [-0.1, -0.05) is 45.0 Å². The zero-order chi connectivity index (χ0) is 15.3. The molecule has 1 heterocycles. The lowest BCUT2D eigenvalue weighted by Gasteiger charge is -2.30. The molecule has 1 unspecified atom stereocenters. The molecule has 1 aromatic rings. The van der Waals surface area contributed by atoms with Gasteiger partial charge in [-0.05, 0) is 35.4 Å². The van der Waals surface area contributed by atoms with E-state index in [2.05, 4.69) is 49.9 Å². The van der Waals surface area contributed by atoms with E-state index in [0.717, 1.165) is 45.8 Å². The molecule has 0 amide bonds. The summed E-state index contributed by atoms with van der Waals surface area (Å²) in [6.45, 7) is 12.4. The van der Waals surface area contributed by atoms with Gasteiger partial charge in [-0.15, -0.1) is 0 Å². The molecule has 21 heavy (non-hydrogen) atoms. The molecule has 1 atom stereocenters. The van der Waals surface area contributed by atoms with Crippen LogP contribution in [0.2, 0.25) is 0 Å². The van der Waals surface area contributed by atoms with Crippen molar-refractivity contribution in [2.24, 2.45) is 11.7 Å². The maximum Gasteiger partial charge on any atom is 0.0594 e. The Morgan fingerprint density at radius 3 is 2.29 bits per heavy atom. The van der Waals surface area contributed by atoms with E-state index in [4.69, 9.17) is 10.5 Å². The third kappa shape index (κ3) is 5.10. The molecule has 0 bridgehead atoms. The summed E-state index contributed by atoms with van der Waals surface area (Å²) < 4.78 is 5.41. The summed E-state index contributed by atoms with van der Waals surface area (Å²) in [7, 11) is 0. The Labute approximate surface area is 129 Å². The molecule has 0 aromatic heterocycles. The monoisotopic (exact) mass is 290 g/mol. The van der Waals surface area contributed by atoms with Crippen LogP contribution in [0.5, 0.6) is 0 Å². The van der Waals surface area contributed by atoms with Gasteiger partial charge in [-0.3, -0.25) is 4.90 Å². The number of morpholine rings is 1. The topological polar surface area (TPSA) is 38.5 Å². The highest BCUT2D eigenvalue weighted by atomic mass is 16.5. The van der Waals surface area contributed by atoms with Gasteiger partial charge in [-0.25, -0.2) is 0 Å². The van der Waals surface area contributed by atoms with Crippen LogP contribution in [0.1, 0.15) is 31.9 Å². The Morgan fingerprint density at radius 2 is 1.76 bits per heavy atom. The summed E-state index contributed by atoms with van der Waals surface area (Å²) >= 11 is 0. The molecule has 1 aromatic carbocycles. The van der Waals surface area contributed by atoms with Gasteiger partial charge in [0.25, 0.3) is 0 Å². The Kier molecular flexibility index (Phi) is 5.80. The summed E-state index contributed by atoms with van der Waals surface area (Å²) in [4.78, 5) is 2.48. The third-order valence-electron chi connectivity index (χ3n) is 4.30. The van der Waals surface area contributed by atoms with E-state index in [9.17, 15) is 0 Å². The van der Waals surface area contributed by atoms with E-state index in [1.807, 2.05) is 0 Å². The van der Waals surface area contributed by atoms with E-state index < -0.39 is 0 Å². The van der Waals surface area contributed by atoms with Gasteiger partial charge in [0.2, 0.25) is 0 Å².